The van der Waals surface area contributed by atoms with Crippen LogP contribution in [-0.4, -0.2) is 60.6 Å². The van der Waals surface area contributed by atoms with Crippen molar-refractivity contribution in [3.63, 3.8) is 0 Å². The summed E-state index contributed by atoms with van der Waals surface area (Å²) >= 11 is 0. The summed E-state index contributed by atoms with van der Waals surface area (Å²) in [5, 5.41) is 13.7. The number of carbonyl (C=O) groups is 2. The molecule has 164 valence electrons. The fraction of sp³-hybridized carbons (Fsp3) is 0.471. The lowest BCUT2D eigenvalue weighted by molar-refractivity contribution is -0.122. The van der Waals surface area contributed by atoms with Gasteiger partial charge in [-0.15, -0.1) is 5.10 Å². The van der Waals surface area contributed by atoms with Crippen molar-refractivity contribution in [3.8, 4) is 0 Å². The van der Waals surface area contributed by atoms with Gasteiger partial charge in [-0.3, -0.25) is 13.8 Å². The Kier molecular flexibility index (Phi) is 7.10. The highest BCUT2D eigenvalue weighted by Crippen LogP contribution is 2.12. The Labute approximate surface area is 176 Å². The van der Waals surface area contributed by atoms with Crippen LogP contribution >= 0.6 is 0 Å². The first-order valence-corrected chi connectivity index (χ1v) is 14.5. The van der Waals surface area contributed by atoms with Crippen LogP contribution in [0, 0.1) is 0 Å². The van der Waals surface area contributed by atoms with Crippen LogP contribution in [0.3, 0.4) is 0 Å². The minimum absolute atomic E-state index is 0.0578. The van der Waals surface area contributed by atoms with Crippen LogP contribution in [0.2, 0.25) is 19.6 Å². The Hall–Kier alpha value is -2.64. The molecule has 0 spiro atoms. The van der Waals surface area contributed by atoms with Crippen molar-refractivity contribution in [1.82, 2.24) is 20.0 Å². The monoisotopic (exact) mass is 454 g/mol. The van der Waals surface area contributed by atoms with Gasteiger partial charge in [0.15, 0.2) is 11.9 Å². The zero-order valence-corrected chi connectivity index (χ0v) is 19.5. The van der Waals surface area contributed by atoms with E-state index in [2.05, 4.69) is 49.8 Å². The second kappa shape index (κ2) is 9.02. The second-order valence-corrected chi connectivity index (χ2v) is 14.5. The number of carbonyl (C=O) groups excluding carboxylic acids is 2. The molecule has 0 fully saturated rings. The van der Waals surface area contributed by atoms with Gasteiger partial charge in [0, 0.05) is 5.32 Å². The lowest BCUT2D eigenvalue weighted by atomic mass is 10.3. The Morgan fingerprint density at radius 2 is 1.73 bits per heavy atom. The van der Waals surface area contributed by atoms with Crippen LogP contribution in [0.25, 0.3) is 0 Å². The molecule has 2 atom stereocenters. The summed E-state index contributed by atoms with van der Waals surface area (Å²) in [7, 11) is -5.40. The number of anilines is 2. The molecule has 2 aromatic rings. The fourth-order valence-corrected chi connectivity index (χ4v) is 3.99. The van der Waals surface area contributed by atoms with Crippen molar-refractivity contribution < 1.29 is 22.2 Å². The molecule has 0 saturated heterocycles. The van der Waals surface area contributed by atoms with Gasteiger partial charge in [-0.25, -0.2) is 9.67 Å². The number of amides is 2. The van der Waals surface area contributed by atoms with Gasteiger partial charge in [-0.1, -0.05) is 30.9 Å². The lowest BCUT2D eigenvalue weighted by Crippen LogP contribution is -2.40. The molecule has 0 aliphatic rings. The average Bonchev–Trinajstić information content (AvgIpc) is 3.07. The number of aromatic nitrogens is 4. The molecular weight excluding hydrogens is 428 g/mol. The highest BCUT2D eigenvalue weighted by Gasteiger charge is 2.23. The van der Waals surface area contributed by atoms with Crippen LogP contribution < -0.4 is 16.0 Å². The zero-order chi connectivity index (χ0) is 22.7. The van der Waals surface area contributed by atoms with Crippen molar-refractivity contribution in [2.45, 2.75) is 45.6 Å². The Morgan fingerprint density at radius 1 is 1.10 bits per heavy atom. The summed E-state index contributed by atoms with van der Waals surface area (Å²) in [6.07, 6.45) is 0.971. The molecular formula is C17H26N6O5SSi. The maximum absolute atomic E-state index is 12.6. The van der Waals surface area contributed by atoms with Crippen molar-refractivity contribution >= 4 is 47.0 Å². The van der Waals surface area contributed by atoms with E-state index in [1.165, 1.54) is 17.8 Å². The van der Waals surface area contributed by atoms with E-state index in [0.29, 0.717) is 5.82 Å². The van der Waals surface area contributed by atoms with Gasteiger partial charge >= 0.3 is 0 Å². The van der Waals surface area contributed by atoms with E-state index < -0.39 is 36.2 Å². The quantitative estimate of drug-likeness (QED) is 0.438. The van der Waals surface area contributed by atoms with Crippen LogP contribution in [0.5, 0.6) is 0 Å². The molecule has 0 radical (unpaired) electrons. The molecule has 0 aromatic carbocycles. The zero-order valence-electron chi connectivity index (χ0n) is 17.7. The summed E-state index contributed by atoms with van der Waals surface area (Å²) in [5.74, 6) is -0.557. The summed E-state index contributed by atoms with van der Waals surface area (Å²) in [5.41, 5.74) is 0. The maximum Gasteiger partial charge on any atom is 0.265 e. The van der Waals surface area contributed by atoms with Gasteiger partial charge in [-0.05, 0) is 26.0 Å². The molecule has 2 aromatic heterocycles. The highest BCUT2D eigenvalue weighted by atomic mass is 32.2. The predicted octanol–water partition coefficient (Wildman–Crippen LogP) is 0.721. The van der Waals surface area contributed by atoms with E-state index in [1.54, 1.807) is 13.0 Å². The van der Waals surface area contributed by atoms with Gasteiger partial charge < -0.3 is 10.6 Å². The van der Waals surface area contributed by atoms with E-state index in [1.807, 2.05) is 12.1 Å². The normalized spacial score (nSPS) is 14.1. The number of pyridine rings is 1. The molecule has 0 bridgehead atoms. The lowest BCUT2D eigenvalue weighted by Gasteiger charge is -2.17. The molecule has 0 aliphatic carbocycles. The topological polar surface area (TPSA) is 145 Å². The third kappa shape index (κ3) is 6.71. The molecule has 2 amide bonds. The van der Waals surface area contributed by atoms with Crippen molar-refractivity contribution in [3.05, 3.63) is 24.4 Å². The smallest absolute Gasteiger partial charge is 0.265 e. The maximum atomic E-state index is 12.6. The molecule has 1 unspecified atom stereocenters. The van der Waals surface area contributed by atoms with Crippen molar-refractivity contribution in [2.75, 3.05) is 16.9 Å². The predicted molar refractivity (Wildman–Crippen MR) is 115 cm³/mol. The van der Waals surface area contributed by atoms with Gasteiger partial charge in [0.05, 0.1) is 12.5 Å². The summed E-state index contributed by atoms with van der Waals surface area (Å²) in [6.45, 7) is 9.40. The Balaban J connectivity index is 2.03. The standard InChI is InChI=1S/C17H26N6O5SSi/c1-11(16(24)19-13-8-7-9-15(18-13)30(4,5)6)23-10-14(21-22-23)20-17(25)12(2)28-29(3,26)27/h7-12H,1-6H3,(H,20,25)(H,18,19,24)/t11?,12-/m1/s1. The molecule has 2 rings (SSSR count). The average molecular weight is 455 g/mol. The minimum Gasteiger partial charge on any atom is -0.309 e. The third-order valence-electron chi connectivity index (χ3n) is 3.99. The van der Waals surface area contributed by atoms with Gasteiger partial charge in [-0.2, -0.15) is 8.42 Å². The fourth-order valence-electron chi connectivity index (χ4n) is 2.33. The molecule has 0 saturated carbocycles. The SMILES string of the molecule is CC(C(=O)Nc1cccc([Si](C)(C)C)n1)n1cc(NC(=O)[C@@H](C)OS(C)(=O)=O)nn1. The molecule has 13 heteroatoms. The number of hydrogen-bond acceptors (Lipinski definition) is 8. The van der Waals surface area contributed by atoms with E-state index in [4.69, 9.17) is 0 Å². The number of rotatable bonds is 8. The van der Waals surface area contributed by atoms with E-state index in [9.17, 15) is 18.0 Å². The molecule has 2 heterocycles. The Morgan fingerprint density at radius 3 is 2.33 bits per heavy atom. The molecule has 0 aliphatic heterocycles. The van der Waals surface area contributed by atoms with E-state index >= 15 is 0 Å². The number of hydrogen-bond donors (Lipinski definition) is 2. The summed E-state index contributed by atoms with van der Waals surface area (Å²) < 4.78 is 28.1. The van der Waals surface area contributed by atoms with Crippen LogP contribution in [0.1, 0.15) is 19.9 Å². The first-order valence-electron chi connectivity index (χ1n) is 9.15. The first kappa shape index (κ1) is 23.6. The van der Waals surface area contributed by atoms with Crippen LogP contribution in [0.4, 0.5) is 11.6 Å². The largest absolute Gasteiger partial charge is 0.309 e. The molecule has 11 nitrogen and oxygen atoms in total. The first-order chi connectivity index (χ1) is 13.8. The van der Waals surface area contributed by atoms with Gasteiger partial charge in [0.25, 0.3) is 16.0 Å². The van der Waals surface area contributed by atoms with Crippen LogP contribution in [-0.2, 0) is 23.9 Å². The number of nitrogens with one attached hydrogen (secondary N) is 2. The van der Waals surface area contributed by atoms with E-state index in [0.717, 1.165) is 11.6 Å². The number of nitrogens with zero attached hydrogens (tertiary/aromatic N) is 4. The van der Waals surface area contributed by atoms with Gasteiger partial charge in [0.1, 0.15) is 19.9 Å². The van der Waals surface area contributed by atoms with E-state index in [-0.39, 0.29) is 11.7 Å². The molecule has 30 heavy (non-hydrogen) atoms. The minimum atomic E-state index is -3.78. The molecule has 2 N–H and O–H groups in total. The summed E-state index contributed by atoms with van der Waals surface area (Å²) in [4.78, 5) is 29.1. The third-order valence-corrected chi connectivity index (χ3v) is 6.45. The second-order valence-electron chi connectivity index (χ2n) is 7.84. The van der Waals surface area contributed by atoms with Gasteiger partial charge in [0.2, 0.25) is 5.91 Å². The Bertz CT molecular complexity index is 1030. The van der Waals surface area contributed by atoms with Crippen molar-refractivity contribution in [2.24, 2.45) is 0 Å². The van der Waals surface area contributed by atoms with Crippen molar-refractivity contribution in [1.29, 1.82) is 0 Å². The van der Waals surface area contributed by atoms with Crippen LogP contribution in [0.15, 0.2) is 24.4 Å². The highest BCUT2D eigenvalue weighted by molar-refractivity contribution is 7.86. The summed E-state index contributed by atoms with van der Waals surface area (Å²) in [6, 6.07) is 4.78.